The fourth-order valence-corrected chi connectivity index (χ4v) is 0.650. The van der Waals surface area contributed by atoms with Crippen LogP contribution in [0.5, 0.6) is 0 Å². The maximum Gasteiger partial charge on any atom is 0.510 e. The molecule has 0 aromatic heterocycles. The first-order chi connectivity index (χ1) is 6.60. The SMILES string of the molecule is CC(C)(C)COC(=O)OCOP(=O)(O)O. The zero-order chi connectivity index (χ0) is 12.1. The van der Waals surface area contributed by atoms with Crippen molar-refractivity contribution in [2.24, 2.45) is 5.41 Å². The van der Waals surface area contributed by atoms with Crippen molar-refractivity contribution < 1.29 is 33.1 Å². The van der Waals surface area contributed by atoms with Crippen LogP contribution in [0.2, 0.25) is 0 Å². The Kier molecular flexibility index (Phi) is 5.23. The van der Waals surface area contributed by atoms with Gasteiger partial charge < -0.3 is 19.3 Å². The second-order valence-corrected chi connectivity index (χ2v) is 5.22. The van der Waals surface area contributed by atoms with Gasteiger partial charge in [-0.25, -0.2) is 13.9 Å². The highest BCUT2D eigenvalue weighted by Crippen LogP contribution is 2.35. The number of carbonyl (C=O) groups is 1. The van der Waals surface area contributed by atoms with Gasteiger partial charge in [0.05, 0.1) is 6.61 Å². The van der Waals surface area contributed by atoms with Gasteiger partial charge in [0, 0.05) is 0 Å². The third kappa shape index (κ3) is 11.3. The predicted molar refractivity (Wildman–Crippen MR) is 49.9 cm³/mol. The molecule has 0 aromatic carbocycles. The molecule has 90 valence electrons. The molecule has 0 aliphatic carbocycles. The molecular formula is C7H15O7P. The molecule has 0 amide bonds. The zero-order valence-corrected chi connectivity index (χ0v) is 9.69. The van der Waals surface area contributed by atoms with E-state index < -0.39 is 20.8 Å². The highest BCUT2D eigenvalue weighted by atomic mass is 31.2. The van der Waals surface area contributed by atoms with Gasteiger partial charge in [-0.1, -0.05) is 20.8 Å². The largest absolute Gasteiger partial charge is 0.510 e. The van der Waals surface area contributed by atoms with Gasteiger partial charge in [0.2, 0.25) is 6.79 Å². The number of hydrogen-bond acceptors (Lipinski definition) is 5. The van der Waals surface area contributed by atoms with Crippen LogP contribution in [0.25, 0.3) is 0 Å². The normalized spacial score (nSPS) is 12.3. The van der Waals surface area contributed by atoms with Gasteiger partial charge in [-0.3, -0.25) is 0 Å². The van der Waals surface area contributed by atoms with E-state index in [9.17, 15) is 9.36 Å². The summed E-state index contributed by atoms with van der Waals surface area (Å²) in [6, 6.07) is 0. The van der Waals surface area contributed by atoms with Crippen LogP contribution >= 0.6 is 7.82 Å². The third-order valence-corrected chi connectivity index (χ3v) is 1.46. The Hall–Kier alpha value is -0.620. The van der Waals surface area contributed by atoms with Crippen LogP contribution in [0.3, 0.4) is 0 Å². The van der Waals surface area contributed by atoms with Crippen molar-refractivity contribution in [1.29, 1.82) is 0 Å². The van der Waals surface area contributed by atoms with Gasteiger partial charge in [-0.15, -0.1) is 0 Å². The molecule has 0 spiro atoms. The summed E-state index contributed by atoms with van der Waals surface area (Å²) in [5.41, 5.74) is -0.205. The van der Waals surface area contributed by atoms with Gasteiger partial charge in [0.1, 0.15) is 0 Å². The first-order valence-electron chi connectivity index (χ1n) is 4.10. The molecule has 2 N–H and O–H groups in total. The monoisotopic (exact) mass is 242 g/mol. The number of rotatable bonds is 4. The Morgan fingerprint density at radius 3 is 2.20 bits per heavy atom. The van der Waals surface area contributed by atoms with Crippen LogP contribution < -0.4 is 0 Å². The van der Waals surface area contributed by atoms with E-state index in [1.807, 2.05) is 20.8 Å². The molecule has 0 unspecified atom stereocenters. The van der Waals surface area contributed by atoms with E-state index in [2.05, 4.69) is 14.0 Å². The van der Waals surface area contributed by atoms with Gasteiger partial charge in [-0.05, 0) is 5.41 Å². The fourth-order valence-electron chi connectivity index (χ4n) is 0.460. The third-order valence-electron chi connectivity index (χ3n) is 1.02. The molecule has 0 aliphatic rings. The molecule has 0 bridgehead atoms. The van der Waals surface area contributed by atoms with Crippen LogP contribution in [-0.2, 0) is 18.6 Å². The highest BCUT2D eigenvalue weighted by molar-refractivity contribution is 7.46. The molecule has 0 saturated carbocycles. The van der Waals surface area contributed by atoms with Crippen LogP contribution in [0, 0.1) is 5.41 Å². The molecule has 0 saturated heterocycles. The van der Waals surface area contributed by atoms with Crippen molar-refractivity contribution in [1.82, 2.24) is 0 Å². The van der Waals surface area contributed by atoms with Gasteiger partial charge in [-0.2, -0.15) is 0 Å². The Morgan fingerprint density at radius 2 is 1.80 bits per heavy atom. The summed E-state index contributed by atoms with van der Waals surface area (Å²) in [6.07, 6.45) is -1.03. The molecule has 0 radical (unpaired) electrons. The van der Waals surface area contributed by atoms with E-state index in [4.69, 9.17) is 9.79 Å². The summed E-state index contributed by atoms with van der Waals surface area (Å²) >= 11 is 0. The van der Waals surface area contributed by atoms with E-state index in [-0.39, 0.29) is 12.0 Å². The summed E-state index contributed by atoms with van der Waals surface area (Å²) in [5.74, 6) is 0. The lowest BCUT2D eigenvalue weighted by Gasteiger charge is -2.17. The quantitative estimate of drug-likeness (QED) is 0.434. The average molecular weight is 242 g/mol. The first-order valence-corrected chi connectivity index (χ1v) is 5.63. The van der Waals surface area contributed by atoms with Crippen molar-refractivity contribution in [3.05, 3.63) is 0 Å². The van der Waals surface area contributed by atoms with Crippen molar-refractivity contribution >= 4 is 14.0 Å². The lowest BCUT2D eigenvalue weighted by molar-refractivity contribution is -0.0158. The van der Waals surface area contributed by atoms with Gasteiger partial charge >= 0.3 is 14.0 Å². The minimum atomic E-state index is -4.61. The zero-order valence-electron chi connectivity index (χ0n) is 8.80. The summed E-state index contributed by atoms with van der Waals surface area (Å²) in [7, 11) is -4.61. The number of ether oxygens (including phenoxy) is 2. The van der Waals surface area contributed by atoms with E-state index >= 15 is 0 Å². The average Bonchev–Trinajstić information content (AvgIpc) is 1.97. The summed E-state index contributed by atoms with van der Waals surface area (Å²) in [4.78, 5) is 27.3. The molecule has 15 heavy (non-hydrogen) atoms. The lowest BCUT2D eigenvalue weighted by atomic mass is 9.99. The molecular weight excluding hydrogens is 227 g/mol. The van der Waals surface area contributed by atoms with E-state index in [1.165, 1.54) is 0 Å². The first kappa shape index (κ1) is 14.4. The highest BCUT2D eigenvalue weighted by Gasteiger charge is 2.17. The second kappa shape index (κ2) is 5.46. The van der Waals surface area contributed by atoms with E-state index in [0.717, 1.165) is 0 Å². The topological polar surface area (TPSA) is 102 Å². The van der Waals surface area contributed by atoms with Crippen molar-refractivity contribution in [3.63, 3.8) is 0 Å². The summed E-state index contributed by atoms with van der Waals surface area (Å²) < 4.78 is 22.9. The second-order valence-electron chi connectivity index (χ2n) is 3.98. The Morgan fingerprint density at radius 1 is 1.27 bits per heavy atom. The van der Waals surface area contributed by atoms with Crippen LogP contribution in [0.15, 0.2) is 0 Å². The Bertz CT molecular complexity index is 251. The van der Waals surface area contributed by atoms with Crippen LogP contribution in [-0.4, -0.2) is 29.3 Å². The van der Waals surface area contributed by atoms with Crippen molar-refractivity contribution in [2.75, 3.05) is 13.4 Å². The van der Waals surface area contributed by atoms with E-state index in [0.29, 0.717) is 0 Å². The molecule has 8 heteroatoms. The summed E-state index contributed by atoms with van der Waals surface area (Å²) in [5, 5.41) is 0. The van der Waals surface area contributed by atoms with Crippen molar-refractivity contribution in [3.8, 4) is 0 Å². The molecule has 0 fully saturated rings. The number of carbonyl (C=O) groups excluding carboxylic acids is 1. The number of hydrogen-bond donors (Lipinski definition) is 2. The maximum atomic E-state index is 10.8. The standard InChI is InChI=1S/C7H15O7P/c1-7(2,3)4-12-6(8)13-5-14-15(9,10)11/h4-5H2,1-3H3,(H2,9,10,11). The van der Waals surface area contributed by atoms with E-state index in [1.54, 1.807) is 0 Å². The Labute approximate surface area is 87.6 Å². The predicted octanol–water partition coefficient (Wildman–Crippen LogP) is 1.25. The Balaban J connectivity index is 3.64. The minimum Gasteiger partial charge on any atom is -0.434 e. The number of phosphoric acid groups is 1. The maximum absolute atomic E-state index is 10.8. The van der Waals surface area contributed by atoms with Gasteiger partial charge in [0.15, 0.2) is 0 Å². The van der Waals surface area contributed by atoms with Gasteiger partial charge in [0.25, 0.3) is 0 Å². The molecule has 0 aliphatic heterocycles. The smallest absolute Gasteiger partial charge is 0.434 e. The van der Waals surface area contributed by atoms with Crippen LogP contribution in [0.1, 0.15) is 20.8 Å². The van der Waals surface area contributed by atoms with Crippen molar-refractivity contribution in [2.45, 2.75) is 20.8 Å². The molecule has 0 aromatic rings. The lowest BCUT2D eigenvalue weighted by Crippen LogP contribution is -2.19. The molecule has 0 atom stereocenters. The molecule has 7 nitrogen and oxygen atoms in total. The minimum absolute atomic E-state index is 0.141. The molecule has 0 rings (SSSR count). The molecule has 0 heterocycles. The fraction of sp³-hybridized carbons (Fsp3) is 0.857. The number of phosphoric ester groups is 1. The van der Waals surface area contributed by atoms with Crippen LogP contribution in [0.4, 0.5) is 4.79 Å². The summed E-state index contributed by atoms with van der Waals surface area (Å²) in [6.45, 7) is 4.86.